The van der Waals surface area contributed by atoms with Crippen LogP contribution in [0.25, 0.3) is 0 Å². The lowest BCUT2D eigenvalue weighted by atomic mass is 10.2. The molecule has 0 aromatic rings. The van der Waals surface area contributed by atoms with Crippen molar-refractivity contribution in [2.75, 3.05) is 20.2 Å². The Hall–Kier alpha value is -0.150. The Kier molecular flexibility index (Phi) is 5.42. The van der Waals surface area contributed by atoms with Crippen LogP contribution in [0.1, 0.15) is 20.3 Å². The molecule has 1 unspecified atom stereocenters. The number of alkyl halides is 1. The summed E-state index contributed by atoms with van der Waals surface area (Å²) in [4.78, 5) is 1.85. The minimum atomic E-state index is -0.729. The lowest BCUT2D eigenvalue weighted by Crippen LogP contribution is -2.27. The van der Waals surface area contributed by atoms with Crippen LogP contribution >= 0.6 is 0 Å². The minimum Gasteiger partial charge on any atom is -0.395 e. The summed E-state index contributed by atoms with van der Waals surface area (Å²) >= 11 is 0. The van der Waals surface area contributed by atoms with Gasteiger partial charge in [0.1, 0.15) is 6.17 Å². The van der Waals surface area contributed by atoms with Gasteiger partial charge in [0.15, 0.2) is 0 Å². The molecule has 0 aromatic carbocycles. The van der Waals surface area contributed by atoms with E-state index in [0.29, 0.717) is 13.0 Å². The number of hydrogen-bond acceptors (Lipinski definition) is 2. The Balaban J connectivity index is 0.000000461. The molecule has 2 atom stereocenters. The number of aliphatic hydroxyl groups excluding tert-OH is 1. The molecule has 1 aliphatic heterocycles. The van der Waals surface area contributed by atoms with E-state index >= 15 is 0 Å². The molecular weight excluding hydrogens is 145 g/mol. The van der Waals surface area contributed by atoms with Crippen molar-refractivity contribution in [1.82, 2.24) is 4.90 Å². The summed E-state index contributed by atoms with van der Waals surface area (Å²) in [5, 5.41) is 8.65. The standard InChI is InChI=1S/C6H12FNO.C2H6/c1-8-3-5(7)2-6(8)4-9;1-2/h5-6,9H,2-4H2,1H3;1-2H3/t5?,6-;/m0./s1. The van der Waals surface area contributed by atoms with Gasteiger partial charge in [0.25, 0.3) is 0 Å². The maximum atomic E-state index is 12.5. The Morgan fingerprint density at radius 2 is 2.09 bits per heavy atom. The van der Waals surface area contributed by atoms with Crippen LogP contribution in [0, 0.1) is 0 Å². The van der Waals surface area contributed by atoms with Crippen LogP contribution in [-0.4, -0.2) is 42.4 Å². The van der Waals surface area contributed by atoms with E-state index in [1.807, 2.05) is 25.8 Å². The van der Waals surface area contributed by atoms with Gasteiger partial charge in [0.2, 0.25) is 0 Å². The van der Waals surface area contributed by atoms with Crippen LogP contribution in [-0.2, 0) is 0 Å². The van der Waals surface area contributed by atoms with Crippen molar-refractivity contribution in [3.05, 3.63) is 0 Å². The molecule has 68 valence electrons. The Labute approximate surface area is 68.0 Å². The predicted molar refractivity (Wildman–Crippen MR) is 44.4 cm³/mol. The highest BCUT2D eigenvalue weighted by molar-refractivity contribution is 4.81. The van der Waals surface area contributed by atoms with Gasteiger partial charge in [-0.1, -0.05) is 13.8 Å². The third-order valence-electron chi connectivity index (χ3n) is 1.85. The fourth-order valence-electron chi connectivity index (χ4n) is 1.23. The maximum absolute atomic E-state index is 12.5. The Morgan fingerprint density at radius 1 is 1.55 bits per heavy atom. The molecule has 0 bridgehead atoms. The van der Waals surface area contributed by atoms with Gasteiger partial charge in [-0.15, -0.1) is 0 Å². The molecule has 0 spiro atoms. The van der Waals surface area contributed by atoms with E-state index in [4.69, 9.17) is 5.11 Å². The molecule has 0 saturated carbocycles. The molecule has 1 saturated heterocycles. The Morgan fingerprint density at radius 3 is 2.27 bits per heavy atom. The van der Waals surface area contributed by atoms with Gasteiger partial charge in [0, 0.05) is 12.6 Å². The largest absolute Gasteiger partial charge is 0.395 e. The molecule has 1 aliphatic rings. The number of hydrogen-bond donors (Lipinski definition) is 1. The van der Waals surface area contributed by atoms with Gasteiger partial charge in [-0.25, -0.2) is 4.39 Å². The minimum absolute atomic E-state index is 0.0556. The van der Waals surface area contributed by atoms with Crippen LogP contribution in [0.15, 0.2) is 0 Å². The lowest BCUT2D eigenvalue weighted by molar-refractivity contribution is 0.182. The van der Waals surface area contributed by atoms with E-state index in [0.717, 1.165) is 0 Å². The number of nitrogens with zero attached hydrogens (tertiary/aromatic N) is 1. The van der Waals surface area contributed by atoms with Crippen LogP contribution in [0.2, 0.25) is 0 Å². The van der Waals surface area contributed by atoms with Crippen molar-refractivity contribution in [1.29, 1.82) is 0 Å². The monoisotopic (exact) mass is 163 g/mol. The van der Waals surface area contributed by atoms with E-state index in [1.54, 1.807) is 0 Å². The number of aliphatic hydroxyl groups is 1. The average molecular weight is 163 g/mol. The van der Waals surface area contributed by atoms with E-state index < -0.39 is 6.17 Å². The second kappa shape index (κ2) is 5.49. The van der Waals surface area contributed by atoms with Crippen molar-refractivity contribution in [3.63, 3.8) is 0 Å². The highest BCUT2D eigenvalue weighted by atomic mass is 19.1. The zero-order chi connectivity index (χ0) is 8.85. The summed E-state index contributed by atoms with van der Waals surface area (Å²) in [7, 11) is 1.83. The molecule has 0 radical (unpaired) electrons. The van der Waals surface area contributed by atoms with Gasteiger partial charge in [-0.05, 0) is 13.5 Å². The summed E-state index contributed by atoms with van der Waals surface area (Å²) in [6.45, 7) is 4.56. The van der Waals surface area contributed by atoms with Gasteiger partial charge >= 0.3 is 0 Å². The van der Waals surface area contributed by atoms with Gasteiger partial charge in [-0.2, -0.15) is 0 Å². The molecule has 11 heavy (non-hydrogen) atoms. The lowest BCUT2D eigenvalue weighted by Gasteiger charge is -2.14. The van der Waals surface area contributed by atoms with Crippen LogP contribution < -0.4 is 0 Å². The van der Waals surface area contributed by atoms with Gasteiger partial charge < -0.3 is 5.11 Å². The highest BCUT2D eigenvalue weighted by Gasteiger charge is 2.28. The number of rotatable bonds is 1. The van der Waals surface area contributed by atoms with Crippen LogP contribution in [0.3, 0.4) is 0 Å². The van der Waals surface area contributed by atoms with Gasteiger partial charge in [0.05, 0.1) is 6.61 Å². The molecule has 1 heterocycles. The molecule has 1 fully saturated rings. The van der Waals surface area contributed by atoms with Crippen molar-refractivity contribution >= 4 is 0 Å². The molecule has 3 heteroatoms. The first kappa shape index (κ1) is 10.8. The van der Waals surface area contributed by atoms with E-state index in [-0.39, 0.29) is 12.6 Å². The van der Waals surface area contributed by atoms with Crippen molar-refractivity contribution in [2.24, 2.45) is 0 Å². The summed E-state index contributed by atoms with van der Waals surface area (Å²) < 4.78 is 12.5. The third-order valence-corrected chi connectivity index (χ3v) is 1.85. The zero-order valence-corrected chi connectivity index (χ0v) is 7.55. The summed E-state index contributed by atoms with van der Waals surface area (Å²) in [6.07, 6.45) is -0.236. The molecule has 0 aromatic heterocycles. The van der Waals surface area contributed by atoms with Gasteiger partial charge in [-0.3, -0.25) is 4.90 Å². The topological polar surface area (TPSA) is 23.5 Å². The predicted octanol–water partition coefficient (Wildman–Crippen LogP) is 1.05. The quantitative estimate of drug-likeness (QED) is 0.624. The highest BCUT2D eigenvalue weighted by Crippen LogP contribution is 2.17. The van der Waals surface area contributed by atoms with Crippen LogP contribution in [0.5, 0.6) is 0 Å². The Bertz CT molecular complexity index is 100. The zero-order valence-electron chi connectivity index (χ0n) is 7.55. The first-order chi connectivity index (χ1) is 5.24. The van der Waals surface area contributed by atoms with Crippen molar-refractivity contribution in [3.8, 4) is 0 Å². The summed E-state index contributed by atoms with van der Waals surface area (Å²) in [5.74, 6) is 0. The van der Waals surface area contributed by atoms with E-state index in [1.165, 1.54) is 0 Å². The smallest absolute Gasteiger partial charge is 0.114 e. The third kappa shape index (κ3) is 3.16. The molecule has 1 rings (SSSR count). The fourth-order valence-corrected chi connectivity index (χ4v) is 1.23. The SMILES string of the molecule is CC.CN1CC(F)C[C@H]1CO. The maximum Gasteiger partial charge on any atom is 0.114 e. The van der Waals surface area contributed by atoms with E-state index in [9.17, 15) is 4.39 Å². The number of likely N-dealkylation sites (N-methyl/N-ethyl adjacent to an activating group) is 1. The van der Waals surface area contributed by atoms with Crippen LogP contribution in [0.4, 0.5) is 4.39 Å². The second-order valence-electron chi connectivity index (χ2n) is 2.61. The first-order valence-corrected chi connectivity index (χ1v) is 4.19. The average Bonchev–Trinajstić information content (AvgIpc) is 2.33. The summed E-state index contributed by atoms with van der Waals surface area (Å²) in [5.41, 5.74) is 0. The molecular formula is C8H18FNO. The molecule has 0 amide bonds. The van der Waals surface area contributed by atoms with Crippen molar-refractivity contribution < 1.29 is 9.50 Å². The van der Waals surface area contributed by atoms with Crippen molar-refractivity contribution in [2.45, 2.75) is 32.5 Å². The number of halogens is 1. The fraction of sp³-hybridized carbons (Fsp3) is 1.00. The summed E-state index contributed by atoms with van der Waals surface area (Å²) in [6, 6.07) is 0.0556. The molecule has 1 N–H and O–H groups in total. The number of likely N-dealkylation sites (tertiary alicyclic amines) is 1. The second-order valence-corrected chi connectivity index (χ2v) is 2.61. The first-order valence-electron chi connectivity index (χ1n) is 4.19. The normalized spacial score (nSPS) is 31.4. The van der Waals surface area contributed by atoms with E-state index in [2.05, 4.69) is 0 Å². The molecule has 0 aliphatic carbocycles. The molecule has 2 nitrogen and oxygen atoms in total.